The first-order chi connectivity index (χ1) is 8.08. The lowest BCUT2D eigenvalue weighted by atomic mass is 9.87. The molecule has 1 rings (SSSR count). The lowest BCUT2D eigenvalue weighted by molar-refractivity contribution is 0.367. The summed E-state index contributed by atoms with van der Waals surface area (Å²) in [6, 6.07) is 3.28. The summed E-state index contributed by atoms with van der Waals surface area (Å²) in [4.78, 5) is 0. The molecule has 1 aromatic carbocycles. The fourth-order valence-electron chi connectivity index (χ4n) is 2.28. The normalized spacial score (nSPS) is 13.1. The van der Waals surface area contributed by atoms with Gasteiger partial charge in [0.1, 0.15) is 11.6 Å². The summed E-state index contributed by atoms with van der Waals surface area (Å²) in [6.45, 7) is 4.20. The van der Waals surface area contributed by atoms with Crippen LogP contribution in [0.15, 0.2) is 18.2 Å². The van der Waals surface area contributed by atoms with Crippen LogP contribution in [0.25, 0.3) is 0 Å². The lowest BCUT2D eigenvalue weighted by Crippen LogP contribution is -2.21. The van der Waals surface area contributed by atoms with Gasteiger partial charge < -0.3 is 5.73 Å². The summed E-state index contributed by atoms with van der Waals surface area (Å²) in [7, 11) is 0. The molecule has 1 nitrogen and oxygen atoms in total. The van der Waals surface area contributed by atoms with Gasteiger partial charge in [0.25, 0.3) is 0 Å². The summed E-state index contributed by atoms with van der Waals surface area (Å²) in [5, 5.41) is 0. The van der Waals surface area contributed by atoms with Crippen LogP contribution in [-0.2, 0) is 0 Å². The van der Waals surface area contributed by atoms with Crippen molar-refractivity contribution in [1.82, 2.24) is 0 Å². The molecule has 3 heteroatoms. The second-order valence-corrected chi connectivity index (χ2v) is 4.57. The van der Waals surface area contributed by atoms with E-state index in [1.54, 1.807) is 0 Å². The number of nitrogens with two attached hydrogens (primary N) is 1. The summed E-state index contributed by atoms with van der Waals surface area (Å²) >= 11 is 0. The van der Waals surface area contributed by atoms with Gasteiger partial charge in [0.05, 0.1) is 0 Å². The van der Waals surface area contributed by atoms with Crippen molar-refractivity contribution in [2.75, 3.05) is 0 Å². The Bertz CT molecular complexity index is 326. The monoisotopic (exact) mass is 241 g/mol. The Hall–Kier alpha value is -0.960. The van der Waals surface area contributed by atoms with Crippen LogP contribution in [-0.4, -0.2) is 0 Å². The van der Waals surface area contributed by atoms with Gasteiger partial charge in [-0.15, -0.1) is 0 Å². The maximum Gasteiger partial charge on any atom is 0.126 e. The molecule has 0 aliphatic heterocycles. The van der Waals surface area contributed by atoms with Crippen LogP contribution in [0.1, 0.15) is 51.1 Å². The van der Waals surface area contributed by atoms with Crippen LogP contribution in [0, 0.1) is 17.6 Å². The van der Waals surface area contributed by atoms with Gasteiger partial charge in [0, 0.05) is 12.1 Å². The van der Waals surface area contributed by atoms with E-state index < -0.39 is 11.6 Å². The molecular weight excluding hydrogens is 220 g/mol. The van der Waals surface area contributed by atoms with E-state index in [1.807, 2.05) is 0 Å². The standard InChI is InChI=1S/C14H21F2N/c1-3-5-10(6-4-2)14(17)11-7-12(15)9-13(16)8-11/h7-10,14H,3-6,17H2,1-2H3. The van der Waals surface area contributed by atoms with Crippen molar-refractivity contribution in [2.45, 2.75) is 45.6 Å². The third-order valence-corrected chi connectivity index (χ3v) is 3.10. The molecule has 0 bridgehead atoms. The predicted octanol–water partition coefficient (Wildman–Crippen LogP) is 4.18. The molecule has 0 fully saturated rings. The van der Waals surface area contributed by atoms with Gasteiger partial charge in [-0.3, -0.25) is 0 Å². The third-order valence-electron chi connectivity index (χ3n) is 3.10. The van der Waals surface area contributed by atoms with Crippen molar-refractivity contribution in [3.63, 3.8) is 0 Å². The van der Waals surface area contributed by atoms with Gasteiger partial charge in [-0.2, -0.15) is 0 Å². The van der Waals surface area contributed by atoms with Crippen molar-refractivity contribution < 1.29 is 8.78 Å². The SMILES string of the molecule is CCCC(CCC)C(N)c1cc(F)cc(F)c1. The smallest absolute Gasteiger partial charge is 0.126 e. The van der Waals surface area contributed by atoms with Crippen LogP contribution in [0.4, 0.5) is 8.78 Å². The Morgan fingerprint density at radius 1 is 1.00 bits per heavy atom. The molecule has 96 valence electrons. The molecule has 2 N–H and O–H groups in total. The molecule has 0 aliphatic rings. The van der Waals surface area contributed by atoms with Crippen LogP contribution in [0.3, 0.4) is 0 Å². The molecule has 0 spiro atoms. The van der Waals surface area contributed by atoms with E-state index in [1.165, 1.54) is 12.1 Å². The van der Waals surface area contributed by atoms with Crippen LogP contribution in [0.5, 0.6) is 0 Å². The van der Waals surface area contributed by atoms with E-state index in [0.29, 0.717) is 11.5 Å². The molecule has 1 unspecified atom stereocenters. The highest BCUT2D eigenvalue weighted by atomic mass is 19.1. The molecule has 0 aromatic heterocycles. The zero-order chi connectivity index (χ0) is 12.8. The zero-order valence-corrected chi connectivity index (χ0v) is 10.5. The topological polar surface area (TPSA) is 26.0 Å². The highest BCUT2D eigenvalue weighted by Gasteiger charge is 2.19. The van der Waals surface area contributed by atoms with E-state index in [-0.39, 0.29) is 6.04 Å². The Labute approximate surface area is 102 Å². The van der Waals surface area contributed by atoms with Gasteiger partial charge in [0.2, 0.25) is 0 Å². The summed E-state index contributed by atoms with van der Waals surface area (Å²) in [6.07, 6.45) is 4.06. The maximum atomic E-state index is 13.1. The number of hydrogen-bond acceptors (Lipinski definition) is 1. The van der Waals surface area contributed by atoms with E-state index in [0.717, 1.165) is 31.7 Å². The van der Waals surface area contributed by atoms with E-state index in [4.69, 9.17) is 5.73 Å². The molecule has 0 saturated heterocycles. The van der Waals surface area contributed by atoms with Gasteiger partial charge in [-0.1, -0.05) is 26.7 Å². The zero-order valence-electron chi connectivity index (χ0n) is 10.5. The van der Waals surface area contributed by atoms with Crippen LogP contribution < -0.4 is 5.73 Å². The second-order valence-electron chi connectivity index (χ2n) is 4.57. The molecular formula is C14H21F2N. The van der Waals surface area contributed by atoms with Crippen molar-refractivity contribution in [1.29, 1.82) is 0 Å². The fourth-order valence-corrected chi connectivity index (χ4v) is 2.28. The van der Waals surface area contributed by atoms with Crippen molar-refractivity contribution in [3.8, 4) is 0 Å². The number of rotatable bonds is 6. The largest absolute Gasteiger partial charge is 0.324 e. The Kier molecular flexibility index (Phi) is 5.56. The maximum absolute atomic E-state index is 13.1. The first-order valence-electron chi connectivity index (χ1n) is 6.30. The Balaban J connectivity index is 2.87. The number of benzene rings is 1. The number of hydrogen-bond donors (Lipinski definition) is 1. The highest BCUT2D eigenvalue weighted by Crippen LogP contribution is 2.28. The summed E-state index contributed by atoms with van der Waals surface area (Å²) in [5.41, 5.74) is 6.68. The van der Waals surface area contributed by atoms with E-state index in [2.05, 4.69) is 13.8 Å². The first kappa shape index (κ1) is 14.1. The predicted molar refractivity (Wildman–Crippen MR) is 66.6 cm³/mol. The van der Waals surface area contributed by atoms with E-state index in [9.17, 15) is 8.78 Å². The summed E-state index contributed by atoms with van der Waals surface area (Å²) < 4.78 is 26.3. The second kappa shape index (κ2) is 6.70. The molecule has 0 amide bonds. The average Bonchev–Trinajstić information content (AvgIpc) is 2.26. The minimum atomic E-state index is -0.554. The van der Waals surface area contributed by atoms with Crippen molar-refractivity contribution in [2.24, 2.45) is 11.7 Å². The molecule has 0 saturated carbocycles. The lowest BCUT2D eigenvalue weighted by Gasteiger charge is -2.23. The van der Waals surface area contributed by atoms with Gasteiger partial charge >= 0.3 is 0 Å². The molecule has 1 atom stereocenters. The van der Waals surface area contributed by atoms with Crippen molar-refractivity contribution >= 4 is 0 Å². The Morgan fingerprint density at radius 2 is 1.47 bits per heavy atom. The first-order valence-corrected chi connectivity index (χ1v) is 6.30. The molecule has 17 heavy (non-hydrogen) atoms. The minimum Gasteiger partial charge on any atom is -0.324 e. The average molecular weight is 241 g/mol. The summed E-state index contributed by atoms with van der Waals surface area (Å²) in [5.74, 6) is -0.810. The highest BCUT2D eigenvalue weighted by molar-refractivity contribution is 5.21. The van der Waals surface area contributed by atoms with Crippen LogP contribution in [0.2, 0.25) is 0 Å². The minimum absolute atomic E-state index is 0.278. The molecule has 0 radical (unpaired) electrons. The molecule has 1 aromatic rings. The fraction of sp³-hybridized carbons (Fsp3) is 0.571. The quantitative estimate of drug-likeness (QED) is 0.794. The van der Waals surface area contributed by atoms with Crippen molar-refractivity contribution in [3.05, 3.63) is 35.4 Å². The van der Waals surface area contributed by atoms with E-state index >= 15 is 0 Å². The molecule has 0 heterocycles. The van der Waals surface area contributed by atoms with Gasteiger partial charge in [-0.25, -0.2) is 8.78 Å². The number of halogens is 2. The third kappa shape index (κ3) is 4.08. The Morgan fingerprint density at radius 3 is 1.88 bits per heavy atom. The van der Waals surface area contributed by atoms with Gasteiger partial charge in [0.15, 0.2) is 0 Å². The molecule has 0 aliphatic carbocycles. The van der Waals surface area contributed by atoms with Crippen LogP contribution >= 0.6 is 0 Å². The van der Waals surface area contributed by atoms with Gasteiger partial charge in [-0.05, 0) is 36.5 Å².